The van der Waals surface area contributed by atoms with E-state index in [-0.39, 0.29) is 18.3 Å². The number of nitrogen functional groups attached to an aromatic ring is 1. The van der Waals surface area contributed by atoms with Crippen LogP contribution < -0.4 is 10.5 Å². The summed E-state index contributed by atoms with van der Waals surface area (Å²) in [5, 5.41) is 0.651. The summed E-state index contributed by atoms with van der Waals surface area (Å²) in [6, 6.07) is 14.7. The number of carbonyl (C=O) groups is 1. The average Bonchev–Trinajstić information content (AvgIpc) is 2.53. The fraction of sp³-hybridized carbons (Fsp3) is 0.278. The summed E-state index contributed by atoms with van der Waals surface area (Å²) in [5.41, 5.74) is 7.30. The van der Waals surface area contributed by atoms with Crippen LogP contribution in [0.3, 0.4) is 0 Å². The zero-order chi connectivity index (χ0) is 16.7. The highest BCUT2D eigenvalue weighted by Gasteiger charge is 2.09. The van der Waals surface area contributed by atoms with Crippen LogP contribution in [0.5, 0.6) is 5.75 Å². The molecule has 0 radical (unpaired) electrons. The van der Waals surface area contributed by atoms with Gasteiger partial charge in [-0.2, -0.15) is 0 Å². The Bertz CT molecular complexity index is 648. The molecule has 0 aliphatic rings. The van der Waals surface area contributed by atoms with Gasteiger partial charge in [0.25, 0.3) is 0 Å². The van der Waals surface area contributed by atoms with E-state index >= 15 is 0 Å². The van der Waals surface area contributed by atoms with Crippen molar-refractivity contribution < 1.29 is 9.53 Å². The molecule has 6 heteroatoms. The molecule has 0 atom stereocenters. The largest absolute Gasteiger partial charge is 0.493 e. The number of hydrogen-bond acceptors (Lipinski definition) is 3. The van der Waals surface area contributed by atoms with Crippen LogP contribution in [-0.4, -0.2) is 31.0 Å². The monoisotopic (exact) mass is 368 g/mol. The smallest absolute Gasteiger partial charge is 0.226 e. The molecule has 0 saturated carbocycles. The van der Waals surface area contributed by atoms with Crippen molar-refractivity contribution in [2.24, 2.45) is 0 Å². The maximum absolute atomic E-state index is 12.1. The molecular formula is C18H22Cl2N2O2. The molecule has 24 heavy (non-hydrogen) atoms. The number of amides is 1. The van der Waals surface area contributed by atoms with E-state index in [1.807, 2.05) is 24.3 Å². The third-order valence-electron chi connectivity index (χ3n) is 3.46. The van der Waals surface area contributed by atoms with Gasteiger partial charge < -0.3 is 15.4 Å². The molecule has 1 amide bonds. The first-order chi connectivity index (χ1) is 11.0. The molecule has 0 bridgehead atoms. The number of nitrogens with zero attached hydrogens (tertiary/aromatic N) is 1. The second-order valence-electron chi connectivity index (χ2n) is 5.39. The number of anilines is 1. The summed E-state index contributed by atoms with van der Waals surface area (Å²) in [4.78, 5) is 13.9. The summed E-state index contributed by atoms with van der Waals surface area (Å²) in [6.45, 7) is 1.19. The lowest BCUT2D eigenvalue weighted by molar-refractivity contribution is -0.129. The summed E-state index contributed by atoms with van der Waals surface area (Å²) in [7, 11) is 1.80. The van der Waals surface area contributed by atoms with Crippen molar-refractivity contribution in [2.75, 3.05) is 25.9 Å². The Hall–Kier alpha value is -1.91. The molecule has 0 saturated heterocycles. The van der Waals surface area contributed by atoms with Crippen LogP contribution in [0, 0.1) is 0 Å². The number of carbonyl (C=O) groups excluding carboxylic acids is 1. The van der Waals surface area contributed by atoms with Crippen LogP contribution in [0.25, 0.3) is 0 Å². The van der Waals surface area contributed by atoms with Gasteiger partial charge in [0.1, 0.15) is 5.75 Å². The molecular weight excluding hydrogens is 347 g/mol. The van der Waals surface area contributed by atoms with Crippen molar-refractivity contribution in [3.05, 3.63) is 59.1 Å². The molecule has 0 aromatic heterocycles. The average molecular weight is 369 g/mol. The number of ether oxygens (including phenoxy) is 1. The van der Waals surface area contributed by atoms with Crippen molar-refractivity contribution in [1.82, 2.24) is 4.90 Å². The molecule has 2 aromatic rings. The first-order valence-corrected chi connectivity index (χ1v) is 7.89. The number of nitrogens with two attached hydrogens (primary N) is 1. The first-order valence-electron chi connectivity index (χ1n) is 7.51. The van der Waals surface area contributed by atoms with Gasteiger partial charge in [-0.25, -0.2) is 0 Å². The van der Waals surface area contributed by atoms with E-state index in [2.05, 4.69) is 0 Å². The standard InChI is InChI=1S/C18H21ClN2O2.ClH/c1-21(18(22)12-14-6-8-16(20)9-7-14)10-3-11-23-17-5-2-4-15(19)13-17;/h2,4-9,13H,3,10-12,20H2,1H3;1H. The quantitative estimate of drug-likeness (QED) is 0.596. The fourth-order valence-electron chi connectivity index (χ4n) is 2.12. The Labute approximate surface area is 154 Å². The summed E-state index contributed by atoms with van der Waals surface area (Å²) < 4.78 is 5.61. The van der Waals surface area contributed by atoms with Crippen LogP contribution in [0.1, 0.15) is 12.0 Å². The van der Waals surface area contributed by atoms with Crippen molar-refractivity contribution in [3.63, 3.8) is 0 Å². The summed E-state index contributed by atoms with van der Waals surface area (Å²) in [5.74, 6) is 0.825. The minimum Gasteiger partial charge on any atom is -0.493 e. The van der Waals surface area contributed by atoms with Crippen LogP contribution in [0.15, 0.2) is 48.5 Å². The normalized spacial score (nSPS) is 9.92. The molecule has 0 fully saturated rings. The van der Waals surface area contributed by atoms with Gasteiger partial charge in [-0.05, 0) is 42.3 Å². The molecule has 130 valence electrons. The van der Waals surface area contributed by atoms with Crippen molar-refractivity contribution in [2.45, 2.75) is 12.8 Å². The second kappa shape index (κ2) is 10.1. The van der Waals surface area contributed by atoms with Gasteiger partial charge in [-0.15, -0.1) is 12.4 Å². The predicted molar refractivity (Wildman–Crippen MR) is 101 cm³/mol. The summed E-state index contributed by atoms with van der Waals surface area (Å²) in [6.07, 6.45) is 1.14. The Morgan fingerprint density at radius 3 is 2.58 bits per heavy atom. The second-order valence-corrected chi connectivity index (χ2v) is 5.83. The maximum atomic E-state index is 12.1. The third kappa shape index (κ3) is 6.69. The Morgan fingerprint density at radius 2 is 1.92 bits per heavy atom. The molecule has 0 spiro atoms. The topological polar surface area (TPSA) is 55.6 Å². The molecule has 0 heterocycles. The van der Waals surface area contributed by atoms with E-state index in [0.29, 0.717) is 30.3 Å². The lowest BCUT2D eigenvalue weighted by Gasteiger charge is -2.17. The lowest BCUT2D eigenvalue weighted by Crippen LogP contribution is -2.30. The van der Waals surface area contributed by atoms with E-state index < -0.39 is 0 Å². The van der Waals surface area contributed by atoms with Crippen molar-refractivity contribution in [3.8, 4) is 5.75 Å². The minimum absolute atomic E-state index is 0. The van der Waals surface area contributed by atoms with Gasteiger partial charge in [0.2, 0.25) is 5.91 Å². The lowest BCUT2D eigenvalue weighted by atomic mass is 10.1. The Balaban J connectivity index is 0.00000288. The van der Waals surface area contributed by atoms with E-state index in [1.54, 1.807) is 36.2 Å². The minimum atomic E-state index is 0. The van der Waals surface area contributed by atoms with E-state index in [4.69, 9.17) is 22.1 Å². The molecule has 4 nitrogen and oxygen atoms in total. The molecule has 2 N–H and O–H groups in total. The van der Waals surface area contributed by atoms with E-state index in [1.165, 1.54) is 0 Å². The number of rotatable bonds is 7. The van der Waals surface area contributed by atoms with Crippen molar-refractivity contribution >= 4 is 35.6 Å². The zero-order valence-corrected chi connectivity index (χ0v) is 15.1. The van der Waals surface area contributed by atoms with Crippen LogP contribution in [0.4, 0.5) is 5.69 Å². The Kier molecular flexibility index (Phi) is 8.44. The predicted octanol–water partition coefficient (Wildman–Crippen LogP) is 3.81. The number of hydrogen-bond donors (Lipinski definition) is 1. The highest BCUT2D eigenvalue weighted by atomic mass is 35.5. The number of likely N-dealkylation sites (N-methyl/N-ethyl adjacent to an activating group) is 1. The SMILES string of the molecule is CN(CCCOc1cccc(Cl)c1)C(=O)Cc1ccc(N)cc1.Cl. The highest BCUT2D eigenvalue weighted by Crippen LogP contribution is 2.17. The fourth-order valence-corrected chi connectivity index (χ4v) is 2.30. The van der Waals surface area contributed by atoms with Crippen LogP contribution in [0.2, 0.25) is 5.02 Å². The molecule has 0 unspecified atom stereocenters. The highest BCUT2D eigenvalue weighted by molar-refractivity contribution is 6.30. The van der Waals surface area contributed by atoms with Crippen LogP contribution in [-0.2, 0) is 11.2 Å². The zero-order valence-electron chi connectivity index (χ0n) is 13.6. The van der Waals surface area contributed by atoms with Gasteiger partial charge in [0.15, 0.2) is 0 Å². The van der Waals surface area contributed by atoms with Crippen molar-refractivity contribution in [1.29, 1.82) is 0 Å². The van der Waals surface area contributed by atoms with Gasteiger partial charge in [0, 0.05) is 24.3 Å². The number of halogens is 2. The Morgan fingerprint density at radius 1 is 1.21 bits per heavy atom. The van der Waals surface area contributed by atoms with Gasteiger partial charge in [-0.3, -0.25) is 4.79 Å². The van der Waals surface area contributed by atoms with E-state index in [9.17, 15) is 4.79 Å². The van der Waals surface area contributed by atoms with Gasteiger partial charge >= 0.3 is 0 Å². The first kappa shape index (κ1) is 20.1. The van der Waals surface area contributed by atoms with E-state index in [0.717, 1.165) is 17.7 Å². The molecule has 0 aliphatic carbocycles. The van der Waals surface area contributed by atoms with Gasteiger partial charge in [-0.1, -0.05) is 29.8 Å². The third-order valence-corrected chi connectivity index (χ3v) is 3.70. The van der Waals surface area contributed by atoms with Gasteiger partial charge in [0.05, 0.1) is 13.0 Å². The molecule has 0 aliphatic heterocycles. The maximum Gasteiger partial charge on any atom is 0.226 e. The summed E-state index contributed by atoms with van der Waals surface area (Å²) >= 11 is 5.90. The molecule has 2 rings (SSSR count). The van der Waals surface area contributed by atoms with Crippen LogP contribution >= 0.6 is 24.0 Å². The number of benzene rings is 2. The molecule has 2 aromatic carbocycles.